The molecule has 0 radical (unpaired) electrons. The highest BCUT2D eigenvalue weighted by Crippen LogP contribution is 2.29. The molecule has 1 aliphatic heterocycles. The number of rotatable bonds is 4. The standard InChI is InChI=1S/C18H15F3N4OS/c19-18(20,21)12-5-3-11(4-6-12)9-22-16-10-23-17(26)14-8-13(24-25(14)16)15-2-1-7-27-15/h1-8,16,22H,9-10H2,(H,23,26)/t16-/m0/s1. The monoisotopic (exact) mass is 392 g/mol. The van der Waals surface area contributed by atoms with Crippen LogP contribution in [-0.4, -0.2) is 22.2 Å². The molecule has 0 saturated heterocycles. The van der Waals surface area contributed by atoms with Gasteiger partial charge in [0.25, 0.3) is 5.91 Å². The summed E-state index contributed by atoms with van der Waals surface area (Å²) in [6, 6.07) is 10.6. The van der Waals surface area contributed by atoms with Crippen molar-refractivity contribution in [3.8, 4) is 10.6 Å². The number of hydrogen-bond acceptors (Lipinski definition) is 4. The van der Waals surface area contributed by atoms with E-state index in [4.69, 9.17) is 0 Å². The van der Waals surface area contributed by atoms with Crippen LogP contribution in [0.5, 0.6) is 0 Å². The molecule has 1 aliphatic rings. The number of nitrogens with zero attached hydrogens (tertiary/aromatic N) is 2. The number of halogens is 3. The van der Waals surface area contributed by atoms with E-state index >= 15 is 0 Å². The van der Waals surface area contributed by atoms with Crippen molar-refractivity contribution in [2.24, 2.45) is 0 Å². The predicted octanol–water partition coefficient (Wildman–Crippen LogP) is 3.66. The van der Waals surface area contributed by atoms with E-state index in [-0.39, 0.29) is 12.1 Å². The number of amides is 1. The molecule has 140 valence electrons. The maximum absolute atomic E-state index is 12.7. The van der Waals surface area contributed by atoms with Gasteiger partial charge in [-0.2, -0.15) is 18.3 Å². The third-order valence-corrected chi connectivity index (χ3v) is 5.21. The lowest BCUT2D eigenvalue weighted by Gasteiger charge is -2.25. The average molecular weight is 392 g/mol. The van der Waals surface area contributed by atoms with Gasteiger partial charge in [-0.1, -0.05) is 18.2 Å². The van der Waals surface area contributed by atoms with Crippen LogP contribution in [-0.2, 0) is 12.7 Å². The number of aromatic nitrogens is 2. The highest BCUT2D eigenvalue weighted by Gasteiger charge is 2.30. The molecule has 3 aromatic rings. The van der Waals surface area contributed by atoms with Crippen LogP contribution in [0.1, 0.15) is 27.8 Å². The molecule has 1 atom stereocenters. The summed E-state index contributed by atoms with van der Waals surface area (Å²) in [5, 5.41) is 12.5. The van der Waals surface area contributed by atoms with Crippen molar-refractivity contribution in [3.05, 3.63) is 64.7 Å². The molecular formula is C18H15F3N4OS. The van der Waals surface area contributed by atoms with E-state index in [2.05, 4.69) is 15.7 Å². The van der Waals surface area contributed by atoms with Crippen LogP contribution in [0.3, 0.4) is 0 Å². The number of benzene rings is 1. The second kappa shape index (κ2) is 6.82. The first-order chi connectivity index (χ1) is 12.9. The van der Waals surface area contributed by atoms with Crippen LogP contribution in [0, 0.1) is 0 Å². The van der Waals surface area contributed by atoms with E-state index in [0.29, 0.717) is 24.3 Å². The molecular weight excluding hydrogens is 377 g/mol. The summed E-state index contributed by atoms with van der Waals surface area (Å²) in [6.45, 7) is 0.699. The number of alkyl halides is 3. The molecule has 0 bridgehead atoms. The summed E-state index contributed by atoms with van der Waals surface area (Å²) in [4.78, 5) is 13.1. The van der Waals surface area contributed by atoms with E-state index in [1.54, 1.807) is 10.7 Å². The Labute approximate surface area is 156 Å². The molecule has 0 spiro atoms. The van der Waals surface area contributed by atoms with Gasteiger partial charge in [-0.25, -0.2) is 4.68 Å². The highest BCUT2D eigenvalue weighted by atomic mass is 32.1. The Morgan fingerprint density at radius 1 is 1.26 bits per heavy atom. The molecule has 5 nitrogen and oxygen atoms in total. The zero-order valence-electron chi connectivity index (χ0n) is 14.0. The Hall–Kier alpha value is -2.65. The van der Waals surface area contributed by atoms with Crippen molar-refractivity contribution in [2.75, 3.05) is 6.54 Å². The van der Waals surface area contributed by atoms with Crippen LogP contribution in [0.2, 0.25) is 0 Å². The summed E-state index contributed by atoms with van der Waals surface area (Å²) >= 11 is 1.54. The second-order valence-corrected chi connectivity index (χ2v) is 7.09. The van der Waals surface area contributed by atoms with Gasteiger partial charge >= 0.3 is 6.18 Å². The van der Waals surface area contributed by atoms with E-state index in [9.17, 15) is 18.0 Å². The van der Waals surface area contributed by atoms with E-state index in [1.165, 1.54) is 23.5 Å². The molecule has 2 aromatic heterocycles. The highest BCUT2D eigenvalue weighted by molar-refractivity contribution is 7.13. The quantitative estimate of drug-likeness (QED) is 0.712. The number of fused-ring (bicyclic) bond motifs is 1. The van der Waals surface area contributed by atoms with Crippen molar-refractivity contribution in [1.29, 1.82) is 0 Å². The van der Waals surface area contributed by atoms with Gasteiger partial charge in [0.05, 0.1) is 17.0 Å². The summed E-state index contributed by atoms with van der Waals surface area (Å²) in [5.41, 5.74) is 1.21. The smallest absolute Gasteiger partial charge is 0.347 e. The lowest BCUT2D eigenvalue weighted by molar-refractivity contribution is -0.137. The molecule has 1 amide bonds. The van der Waals surface area contributed by atoms with Crippen LogP contribution in [0.15, 0.2) is 47.8 Å². The number of carbonyl (C=O) groups is 1. The molecule has 4 rings (SSSR count). The molecule has 0 aliphatic carbocycles. The Bertz CT molecular complexity index is 948. The van der Waals surface area contributed by atoms with E-state index in [1.807, 2.05) is 17.5 Å². The SMILES string of the molecule is O=C1NC[C@@H](NCc2ccc(C(F)(F)F)cc2)n2nc(-c3cccs3)cc21. The lowest BCUT2D eigenvalue weighted by atomic mass is 10.1. The van der Waals surface area contributed by atoms with Gasteiger partial charge in [0.2, 0.25) is 0 Å². The van der Waals surface area contributed by atoms with Gasteiger partial charge in [0.15, 0.2) is 0 Å². The van der Waals surface area contributed by atoms with Crippen LogP contribution in [0.25, 0.3) is 10.6 Å². The van der Waals surface area contributed by atoms with Crippen LogP contribution < -0.4 is 10.6 Å². The van der Waals surface area contributed by atoms with Crippen LogP contribution in [0.4, 0.5) is 13.2 Å². The van der Waals surface area contributed by atoms with Crippen molar-refractivity contribution in [2.45, 2.75) is 18.9 Å². The minimum atomic E-state index is -4.35. The first kappa shape index (κ1) is 17.7. The zero-order valence-corrected chi connectivity index (χ0v) is 14.8. The fourth-order valence-corrected chi connectivity index (χ4v) is 3.60. The molecule has 27 heavy (non-hydrogen) atoms. The van der Waals surface area contributed by atoms with Crippen molar-refractivity contribution >= 4 is 17.2 Å². The topological polar surface area (TPSA) is 59.0 Å². The van der Waals surface area contributed by atoms with Crippen LogP contribution >= 0.6 is 11.3 Å². The normalized spacial score (nSPS) is 16.9. The predicted molar refractivity (Wildman–Crippen MR) is 95.2 cm³/mol. The molecule has 1 aromatic carbocycles. The Morgan fingerprint density at radius 3 is 2.70 bits per heavy atom. The maximum Gasteiger partial charge on any atom is 0.416 e. The molecule has 0 fully saturated rings. The van der Waals surface area contributed by atoms with Gasteiger partial charge in [-0.3, -0.25) is 10.1 Å². The fraction of sp³-hybridized carbons (Fsp3) is 0.222. The minimum absolute atomic E-state index is 0.196. The molecule has 3 heterocycles. The Kier molecular flexibility index (Phi) is 4.48. The average Bonchev–Trinajstić information content (AvgIpc) is 3.31. The van der Waals surface area contributed by atoms with E-state index in [0.717, 1.165) is 22.7 Å². The number of thiophene rings is 1. The summed E-state index contributed by atoms with van der Waals surface area (Å²) in [7, 11) is 0. The second-order valence-electron chi connectivity index (χ2n) is 6.14. The number of carbonyl (C=O) groups excluding carboxylic acids is 1. The third kappa shape index (κ3) is 3.60. The minimum Gasteiger partial charge on any atom is -0.347 e. The largest absolute Gasteiger partial charge is 0.416 e. The Morgan fingerprint density at radius 2 is 2.04 bits per heavy atom. The summed E-state index contributed by atoms with van der Waals surface area (Å²) in [5.74, 6) is -0.196. The summed E-state index contributed by atoms with van der Waals surface area (Å²) in [6.07, 6.45) is -4.63. The van der Waals surface area contributed by atoms with Gasteiger partial charge in [-0.15, -0.1) is 11.3 Å². The molecule has 9 heteroatoms. The van der Waals surface area contributed by atoms with Gasteiger partial charge in [-0.05, 0) is 35.2 Å². The number of nitrogens with one attached hydrogen (secondary N) is 2. The molecule has 0 saturated carbocycles. The van der Waals surface area contributed by atoms with Crippen molar-refractivity contribution in [3.63, 3.8) is 0 Å². The van der Waals surface area contributed by atoms with Gasteiger partial charge in [0, 0.05) is 6.54 Å². The lowest BCUT2D eigenvalue weighted by Crippen LogP contribution is -2.45. The van der Waals surface area contributed by atoms with Crippen molar-refractivity contribution in [1.82, 2.24) is 20.4 Å². The first-order valence-corrected chi connectivity index (χ1v) is 9.11. The van der Waals surface area contributed by atoms with Crippen molar-refractivity contribution < 1.29 is 18.0 Å². The molecule has 2 N–H and O–H groups in total. The van der Waals surface area contributed by atoms with Gasteiger partial charge in [0.1, 0.15) is 17.6 Å². The Balaban J connectivity index is 1.51. The summed E-state index contributed by atoms with van der Waals surface area (Å²) < 4.78 is 39.6. The van der Waals surface area contributed by atoms with E-state index < -0.39 is 11.7 Å². The first-order valence-electron chi connectivity index (χ1n) is 8.23. The molecule has 0 unspecified atom stereocenters. The van der Waals surface area contributed by atoms with Gasteiger partial charge < -0.3 is 5.32 Å². The third-order valence-electron chi connectivity index (χ3n) is 4.32. The fourth-order valence-electron chi connectivity index (χ4n) is 2.92. The number of hydrogen-bond donors (Lipinski definition) is 2. The maximum atomic E-state index is 12.7. The zero-order chi connectivity index (χ0) is 19.0.